The Kier molecular flexibility index (Phi) is 4.56. The lowest BCUT2D eigenvalue weighted by Gasteiger charge is -2.23. The molecule has 5 nitrogen and oxygen atoms in total. The van der Waals surface area contributed by atoms with E-state index in [2.05, 4.69) is 15.9 Å². The first-order chi connectivity index (χ1) is 9.82. The van der Waals surface area contributed by atoms with Gasteiger partial charge in [0.15, 0.2) is 6.10 Å². The normalized spacial score (nSPS) is 22.9. The molecule has 1 amide bonds. The summed E-state index contributed by atoms with van der Waals surface area (Å²) in [5.74, 6) is -0.429. The third-order valence-corrected chi connectivity index (χ3v) is 4.30. The molecule has 21 heavy (non-hydrogen) atoms. The van der Waals surface area contributed by atoms with Crippen LogP contribution in [-0.2, 0) is 9.59 Å². The molecule has 0 saturated carbocycles. The second-order valence-electron chi connectivity index (χ2n) is 5.59. The molecule has 1 fully saturated rings. The van der Waals surface area contributed by atoms with E-state index in [9.17, 15) is 14.7 Å². The van der Waals surface area contributed by atoms with Crippen LogP contribution in [0, 0.1) is 5.41 Å². The summed E-state index contributed by atoms with van der Waals surface area (Å²) in [6.45, 7) is 4.04. The number of likely N-dealkylation sites (tertiary alicyclic amines) is 1. The summed E-state index contributed by atoms with van der Waals surface area (Å²) in [6, 6.07) is 7.23. The number of carboxylic acid groups (broad SMARTS) is 1. The van der Waals surface area contributed by atoms with Crippen LogP contribution in [0.5, 0.6) is 5.75 Å². The SMILES string of the molecule is CC(Oc1ccc(Br)cc1)C(=O)N1CCC(C)(C(=O)O)C1. The summed E-state index contributed by atoms with van der Waals surface area (Å²) in [4.78, 5) is 25.1. The van der Waals surface area contributed by atoms with Crippen LogP contribution in [0.4, 0.5) is 0 Å². The fraction of sp³-hybridized carbons (Fsp3) is 0.467. The summed E-state index contributed by atoms with van der Waals surface area (Å²) >= 11 is 3.33. The van der Waals surface area contributed by atoms with E-state index >= 15 is 0 Å². The Balaban J connectivity index is 1.97. The van der Waals surface area contributed by atoms with Crippen molar-refractivity contribution in [3.63, 3.8) is 0 Å². The molecule has 0 radical (unpaired) electrons. The monoisotopic (exact) mass is 355 g/mol. The molecular formula is C15H18BrNO4. The Hall–Kier alpha value is -1.56. The molecule has 1 aromatic carbocycles. The van der Waals surface area contributed by atoms with E-state index in [-0.39, 0.29) is 12.5 Å². The van der Waals surface area contributed by atoms with Gasteiger partial charge < -0.3 is 14.7 Å². The van der Waals surface area contributed by atoms with Gasteiger partial charge in [-0.25, -0.2) is 0 Å². The van der Waals surface area contributed by atoms with Crippen LogP contribution in [0.3, 0.4) is 0 Å². The lowest BCUT2D eigenvalue weighted by molar-refractivity contribution is -0.147. The molecular weight excluding hydrogens is 338 g/mol. The summed E-state index contributed by atoms with van der Waals surface area (Å²) in [6.07, 6.45) is -0.165. The maximum Gasteiger partial charge on any atom is 0.311 e. The second kappa shape index (κ2) is 6.05. The van der Waals surface area contributed by atoms with E-state index in [1.54, 1.807) is 30.9 Å². The van der Waals surface area contributed by atoms with Gasteiger partial charge in [0.25, 0.3) is 5.91 Å². The Morgan fingerprint density at radius 1 is 1.38 bits per heavy atom. The van der Waals surface area contributed by atoms with Crippen LogP contribution in [0.2, 0.25) is 0 Å². The number of rotatable bonds is 4. The van der Waals surface area contributed by atoms with Gasteiger partial charge in [-0.3, -0.25) is 9.59 Å². The van der Waals surface area contributed by atoms with Gasteiger partial charge >= 0.3 is 5.97 Å². The molecule has 1 saturated heterocycles. The number of benzene rings is 1. The van der Waals surface area contributed by atoms with Crippen LogP contribution in [0.25, 0.3) is 0 Å². The highest BCUT2D eigenvalue weighted by atomic mass is 79.9. The number of halogens is 1. The van der Waals surface area contributed by atoms with E-state index in [1.807, 2.05) is 12.1 Å². The molecule has 0 bridgehead atoms. The van der Waals surface area contributed by atoms with Gasteiger partial charge in [-0.1, -0.05) is 15.9 Å². The zero-order valence-electron chi connectivity index (χ0n) is 12.0. The third kappa shape index (κ3) is 3.56. The van der Waals surface area contributed by atoms with Crippen LogP contribution in [0.1, 0.15) is 20.3 Å². The number of carbonyl (C=O) groups excluding carboxylic acids is 1. The molecule has 0 aromatic heterocycles. The van der Waals surface area contributed by atoms with Gasteiger partial charge in [-0.2, -0.15) is 0 Å². The number of hydrogen-bond donors (Lipinski definition) is 1. The smallest absolute Gasteiger partial charge is 0.311 e. The van der Waals surface area contributed by atoms with E-state index in [1.165, 1.54) is 0 Å². The molecule has 6 heteroatoms. The molecule has 0 aliphatic carbocycles. The minimum atomic E-state index is -0.862. The molecule has 2 unspecified atom stereocenters. The van der Waals surface area contributed by atoms with E-state index in [0.29, 0.717) is 18.7 Å². The average Bonchev–Trinajstić information content (AvgIpc) is 2.84. The number of carboxylic acids is 1. The summed E-state index contributed by atoms with van der Waals surface area (Å²) < 4.78 is 6.55. The van der Waals surface area contributed by atoms with Crippen molar-refractivity contribution in [1.29, 1.82) is 0 Å². The number of nitrogens with zero attached hydrogens (tertiary/aromatic N) is 1. The molecule has 2 atom stereocenters. The summed E-state index contributed by atoms with van der Waals surface area (Å²) in [7, 11) is 0. The lowest BCUT2D eigenvalue weighted by Crippen LogP contribution is -2.41. The first kappa shape index (κ1) is 15.8. The predicted molar refractivity (Wildman–Crippen MR) is 81.2 cm³/mol. The van der Waals surface area contributed by atoms with Crippen molar-refractivity contribution in [1.82, 2.24) is 4.90 Å². The number of hydrogen-bond acceptors (Lipinski definition) is 3. The zero-order chi connectivity index (χ0) is 15.6. The molecule has 114 valence electrons. The number of aliphatic carboxylic acids is 1. The Morgan fingerprint density at radius 3 is 2.52 bits per heavy atom. The Labute approximate surface area is 132 Å². The molecule has 1 heterocycles. The third-order valence-electron chi connectivity index (χ3n) is 3.78. The van der Waals surface area contributed by atoms with Gasteiger partial charge in [-0.15, -0.1) is 0 Å². The van der Waals surface area contributed by atoms with Crippen molar-refractivity contribution in [2.24, 2.45) is 5.41 Å². The van der Waals surface area contributed by atoms with E-state index in [4.69, 9.17) is 4.74 Å². The highest BCUT2D eigenvalue weighted by Crippen LogP contribution is 2.30. The first-order valence-electron chi connectivity index (χ1n) is 6.76. The Bertz CT molecular complexity index is 545. The summed E-state index contributed by atoms with van der Waals surface area (Å²) in [5, 5.41) is 9.20. The second-order valence-corrected chi connectivity index (χ2v) is 6.51. The minimum Gasteiger partial charge on any atom is -0.481 e. The van der Waals surface area contributed by atoms with Gasteiger partial charge in [0.2, 0.25) is 0 Å². The molecule has 1 aliphatic heterocycles. The van der Waals surface area contributed by atoms with E-state index < -0.39 is 17.5 Å². The standard InChI is InChI=1S/C15H18BrNO4/c1-10(21-12-5-3-11(16)4-6-12)13(18)17-8-7-15(2,9-17)14(19)20/h3-6,10H,7-9H2,1-2H3,(H,19,20). The van der Waals surface area contributed by atoms with Crippen LogP contribution < -0.4 is 4.74 Å². The maximum atomic E-state index is 12.3. The quantitative estimate of drug-likeness (QED) is 0.900. The van der Waals surface area contributed by atoms with E-state index in [0.717, 1.165) is 4.47 Å². The fourth-order valence-electron chi connectivity index (χ4n) is 2.35. The topological polar surface area (TPSA) is 66.8 Å². The number of carbonyl (C=O) groups is 2. The van der Waals surface area contributed by atoms with Crippen molar-refractivity contribution < 1.29 is 19.4 Å². The predicted octanol–water partition coefficient (Wildman–Crippen LogP) is 2.54. The highest BCUT2D eigenvalue weighted by Gasteiger charge is 2.43. The van der Waals surface area contributed by atoms with Crippen LogP contribution in [-0.4, -0.2) is 41.1 Å². The number of amides is 1. The van der Waals surface area contributed by atoms with Gasteiger partial charge in [0.05, 0.1) is 5.41 Å². The van der Waals surface area contributed by atoms with Crippen LogP contribution >= 0.6 is 15.9 Å². The van der Waals surface area contributed by atoms with Gasteiger partial charge in [-0.05, 0) is 44.5 Å². The van der Waals surface area contributed by atoms with Gasteiger partial charge in [0, 0.05) is 17.6 Å². The minimum absolute atomic E-state index is 0.178. The Morgan fingerprint density at radius 2 is 2.00 bits per heavy atom. The lowest BCUT2D eigenvalue weighted by atomic mass is 9.90. The number of ether oxygens (including phenoxy) is 1. The highest BCUT2D eigenvalue weighted by molar-refractivity contribution is 9.10. The molecule has 0 spiro atoms. The summed E-state index contributed by atoms with van der Waals surface area (Å²) in [5.41, 5.74) is -0.854. The van der Waals surface area contributed by atoms with Crippen molar-refractivity contribution in [2.45, 2.75) is 26.4 Å². The van der Waals surface area contributed by atoms with Crippen LogP contribution in [0.15, 0.2) is 28.7 Å². The molecule has 1 aromatic rings. The fourth-order valence-corrected chi connectivity index (χ4v) is 2.61. The van der Waals surface area contributed by atoms with Gasteiger partial charge in [0.1, 0.15) is 5.75 Å². The molecule has 1 aliphatic rings. The average molecular weight is 356 g/mol. The van der Waals surface area contributed by atoms with Crippen molar-refractivity contribution in [3.05, 3.63) is 28.7 Å². The molecule has 2 rings (SSSR count). The van der Waals surface area contributed by atoms with Crippen molar-refractivity contribution in [3.8, 4) is 5.75 Å². The van der Waals surface area contributed by atoms with Crippen molar-refractivity contribution >= 4 is 27.8 Å². The first-order valence-corrected chi connectivity index (χ1v) is 7.55. The molecule has 1 N–H and O–H groups in total. The van der Waals surface area contributed by atoms with Crippen molar-refractivity contribution in [2.75, 3.05) is 13.1 Å². The zero-order valence-corrected chi connectivity index (χ0v) is 13.6. The largest absolute Gasteiger partial charge is 0.481 e. The maximum absolute atomic E-state index is 12.3.